The second-order valence-electron chi connectivity index (χ2n) is 33.7. The monoisotopic (exact) mass is 1230 g/mol. The number of rotatable bonds is 28. The van der Waals surface area contributed by atoms with Crippen molar-refractivity contribution in [2.24, 2.45) is 90.0 Å². The maximum absolute atomic E-state index is 14.9. The van der Waals surface area contributed by atoms with E-state index < -0.39 is 62.7 Å². The molecule has 0 aromatic carbocycles. The van der Waals surface area contributed by atoms with Gasteiger partial charge in [0.2, 0.25) is 23.4 Å². The van der Waals surface area contributed by atoms with Crippen LogP contribution in [0.4, 0.5) is 0 Å². The predicted octanol–water partition coefficient (Wildman–Crippen LogP) is 11.0. The molecule has 6 aliphatic carbocycles. The topological polar surface area (TPSA) is 227 Å². The van der Waals surface area contributed by atoms with Gasteiger partial charge in [0.05, 0.1) is 18.1 Å². The highest BCUT2D eigenvalue weighted by Gasteiger charge is 2.86. The van der Waals surface area contributed by atoms with Crippen molar-refractivity contribution in [3.63, 3.8) is 0 Å². The van der Waals surface area contributed by atoms with E-state index in [2.05, 4.69) is 27.7 Å². The van der Waals surface area contributed by atoms with Crippen molar-refractivity contribution >= 4 is 62.5 Å². The summed E-state index contributed by atoms with van der Waals surface area (Å²) in [5.41, 5.74) is 5.09. The summed E-state index contributed by atoms with van der Waals surface area (Å²) in [6.07, 6.45) is 15.1. The number of fused-ring (bicyclic) bond motifs is 2. The van der Waals surface area contributed by atoms with E-state index in [9.17, 15) is 51.6 Å². The third-order valence-corrected chi connectivity index (χ3v) is 26.6. The summed E-state index contributed by atoms with van der Waals surface area (Å²) in [4.78, 5) is 126. The van der Waals surface area contributed by atoms with Crippen molar-refractivity contribution in [2.45, 2.75) is 263 Å². The lowest BCUT2D eigenvalue weighted by atomic mass is 9.73. The highest BCUT2D eigenvalue weighted by molar-refractivity contribution is 7.86. The van der Waals surface area contributed by atoms with Gasteiger partial charge in [0.15, 0.2) is 23.1 Å². The largest absolute Gasteiger partial charge is 0.332 e. The molecular weight excluding hydrogens is 1120 g/mol. The first-order valence-corrected chi connectivity index (χ1v) is 35.1. The van der Waals surface area contributed by atoms with Gasteiger partial charge >= 0.3 is 0 Å². The first-order valence-electron chi connectivity index (χ1n) is 33.7. The summed E-state index contributed by atoms with van der Waals surface area (Å²) in [5, 5.41) is 0. The minimum absolute atomic E-state index is 0.00931. The van der Waals surface area contributed by atoms with E-state index >= 15 is 0 Å². The quantitative estimate of drug-likeness (QED) is 0.0722. The standard InChI is InChI=1S/C41H69N3O7S.C29H46N2O4/c1-13-15-28(35(48)34(47)20-27-16-17-27)21-33(46)32-24-41(39(8,9)40(41)18-14-19-40)26-44(32)36(49)31(38(5,6)7)23-30(45)22-29(37(2,3)4)25-43(12)52(50,51)42(10)11;1-7-9-19(23(34)22(33)14-18-10-11-18)15-21(32)20-16-29(27(5,6)28(29)12-8-13-28)17-31(20)25(35)24(30)26(2,3)4/h27-29,31-32H,13-26H2,1-12H3;18-20,24H,7-17,30H2,1-6H3/t28?,29-,31-,32+,41-;19?,20-,24+,29+/m10/s1. The average molecular weight is 1230 g/mol. The smallest absolute Gasteiger partial charge is 0.281 e. The number of amides is 2. The summed E-state index contributed by atoms with van der Waals surface area (Å²) in [7, 11) is 0.809. The molecule has 6 saturated carbocycles. The number of carbonyl (C=O) groups is 9. The van der Waals surface area contributed by atoms with Gasteiger partial charge in [-0.25, -0.2) is 0 Å². The van der Waals surface area contributed by atoms with Crippen LogP contribution in [-0.4, -0.2) is 138 Å². The van der Waals surface area contributed by atoms with Crippen LogP contribution < -0.4 is 5.73 Å². The first kappa shape index (κ1) is 70.9. The van der Waals surface area contributed by atoms with Crippen LogP contribution in [0, 0.1) is 84.2 Å². The molecule has 8 aliphatic rings. The lowest BCUT2D eigenvalue weighted by Crippen LogP contribution is -2.53. The molecule has 0 radical (unpaired) electrons. The third-order valence-electron chi connectivity index (χ3n) is 24.7. The van der Waals surface area contributed by atoms with Crippen LogP contribution in [0.3, 0.4) is 0 Å². The maximum Gasteiger partial charge on any atom is 0.281 e. The maximum atomic E-state index is 14.9. The van der Waals surface area contributed by atoms with Gasteiger partial charge in [-0.2, -0.15) is 17.0 Å². The molecule has 9 atom stereocenters. The summed E-state index contributed by atoms with van der Waals surface area (Å²) < 4.78 is 28.2. The Balaban J connectivity index is 0.000000268. The Bertz CT molecular complexity index is 2780. The molecule has 0 aromatic rings. The Hall–Kier alpha value is -3.54. The number of hydrogen-bond acceptors (Lipinski definition) is 12. The fraction of sp³-hybridized carbons (Fsp3) is 0.871. The van der Waals surface area contributed by atoms with Crippen LogP contribution in [-0.2, 0) is 53.4 Å². The molecule has 8 rings (SSSR count). The second kappa shape index (κ2) is 25.2. The highest BCUT2D eigenvalue weighted by atomic mass is 32.2. The molecule has 2 aliphatic heterocycles. The van der Waals surface area contributed by atoms with Gasteiger partial charge in [0, 0.05) is 108 Å². The Labute approximate surface area is 524 Å². The second-order valence-corrected chi connectivity index (χ2v) is 35.9. The normalized spacial score (nSPS) is 27.5. The molecule has 0 bridgehead atoms. The van der Waals surface area contributed by atoms with Gasteiger partial charge in [-0.3, -0.25) is 43.2 Å². The zero-order chi connectivity index (χ0) is 65.4. The molecule has 4 spiro atoms. The number of nitrogens with zero attached hydrogens (tertiary/aromatic N) is 4. The molecule has 8 fully saturated rings. The fourth-order valence-corrected chi connectivity index (χ4v) is 18.5. The third kappa shape index (κ3) is 13.3. The molecule has 492 valence electrons. The molecule has 87 heavy (non-hydrogen) atoms. The molecule has 2 amide bonds. The lowest BCUT2D eigenvalue weighted by molar-refractivity contribution is -0.147. The van der Waals surface area contributed by atoms with Crippen LogP contribution >= 0.6 is 0 Å². The minimum atomic E-state index is -3.68. The molecule has 2 N–H and O–H groups in total. The van der Waals surface area contributed by atoms with Gasteiger partial charge in [0.1, 0.15) is 5.78 Å². The molecule has 0 aromatic heterocycles. The van der Waals surface area contributed by atoms with Crippen molar-refractivity contribution in [3.8, 4) is 0 Å². The van der Waals surface area contributed by atoms with Gasteiger partial charge in [-0.1, -0.05) is 130 Å². The van der Waals surface area contributed by atoms with E-state index in [0.717, 1.165) is 68.5 Å². The molecule has 2 saturated heterocycles. The Morgan fingerprint density at radius 3 is 1.24 bits per heavy atom. The SMILES string of the molecule is CCCC(CC(=O)[C@@H]1C[C@@]2(CN1C(=O)[C@@H](CC(=O)C[C@H](CN(C)S(=O)(=O)N(C)C)C(C)(C)C)C(C)(C)C)C(C)(C)C21CCC1)C(=O)C(=O)CC1CC1.CCCC(CC(=O)[C@@H]1C[C@@]2(CN1C(=O)[C@@H](N)C(C)(C)C)C(C)(C)C21CCC1)C(=O)C(=O)CC1CC1. The van der Waals surface area contributed by atoms with Crippen LogP contribution in [0.2, 0.25) is 0 Å². The number of hydrogen-bond donors (Lipinski definition) is 1. The Kier molecular flexibility index (Phi) is 20.5. The zero-order valence-corrected chi connectivity index (χ0v) is 58.0. The highest BCUT2D eigenvalue weighted by Crippen LogP contribution is 2.89. The number of carbonyl (C=O) groups excluding carboxylic acids is 9. The average Bonchev–Trinajstić information content (AvgIpc) is 1.46. The van der Waals surface area contributed by atoms with Gasteiger partial charge < -0.3 is 15.5 Å². The summed E-state index contributed by atoms with van der Waals surface area (Å²) >= 11 is 0. The zero-order valence-electron chi connectivity index (χ0n) is 57.1. The van der Waals surface area contributed by atoms with Crippen LogP contribution in [0.5, 0.6) is 0 Å². The van der Waals surface area contributed by atoms with Crippen molar-refractivity contribution in [1.29, 1.82) is 0 Å². The number of nitrogens with two attached hydrogens (primary N) is 1. The predicted molar refractivity (Wildman–Crippen MR) is 339 cm³/mol. The van der Waals surface area contributed by atoms with Crippen LogP contribution in [0.25, 0.3) is 0 Å². The van der Waals surface area contributed by atoms with E-state index in [4.69, 9.17) is 5.73 Å². The van der Waals surface area contributed by atoms with E-state index in [-0.39, 0.29) is 135 Å². The Morgan fingerprint density at radius 2 is 0.943 bits per heavy atom. The molecule has 2 unspecified atom stereocenters. The van der Waals surface area contributed by atoms with Crippen LogP contribution in [0.15, 0.2) is 0 Å². The molecule has 17 heteroatoms. The number of likely N-dealkylation sites (tertiary alicyclic amines) is 2. The van der Waals surface area contributed by atoms with Gasteiger partial charge in [0.25, 0.3) is 10.2 Å². The van der Waals surface area contributed by atoms with E-state index in [0.29, 0.717) is 57.5 Å². The van der Waals surface area contributed by atoms with E-state index in [1.807, 2.05) is 76.2 Å². The minimum Gasteiger partial charge on any atom is -0.332 e. The number of ketones is 7. The van der Waals surface area contributed by atoms with E-state index in [1.54, 1.807) is 9.80 Å². The van der Waals surface area contributed by atoms with Gasteiger partial charge in [-0.15, -0.1) is 0 Å². The Morgan fingerprint density at radius 1 is 0.552 bits per heavy atom. The van der Waals surface area contributed by atoms with E-state index in [1.165, 1.54) is 31.9 Å². The lowest BCUT2D eigenvalue weighted by Gasteiger charge is -2.37. The number of Topliss-reactive ketones (excluding diaryl/α,β-unsaturated/α-hetero) is 7. The van der Waals surface area contributed by atoms with Crippen molar-refractivity contribution in [2.75, 3.05) is 40.8 Å². The van der Waals surface area contributed by atoms with Crippen molar-refractivity contribution in [3.05, 3.63) is 0 Å². The van der Waals surface area contributed by atoms with Crippen LogP contribution in [0.1, 0.15) is 245 Å². The van der Waals surface area contributed by atoms with Crippen molar-refractivity contribution < 1.29 is 51.6 Å². The van der Waals surface area contributed by atoms with Crippen molar-refractivity contribution in [1.82, 2.24) is 18.4 Å². The summed E-state index contributed by atoms with van der Waals surface area (Å²) in [6, 6.07) is -1.95. The molecule has 2 heterocycles. The summed E-state index contributed by atoms with van der Waals surface area (Å²) in [5.74, 6) is -3.79. The summed E-state index contributed by atoms with van der Waals surface area (Å²) in [6.45, 7) is 32.0. The molecule has 16 nitrogen and oxygen atoms in total. The molecular formula is C70H115N5O11S. The fourth-order valence-electron chi connectivity index (χ4n) is 17.6. The first-order chi connectivity index (χ1) is 40.0. The van der Waals surface area contributed by atoms with Gasteiger partial charge in [-0.05, 0) is 133 Å².